The van der Waals surface area contributed by atoms with Crippen LogP contribution in [0.5, 0.6) is 0 Å². The first kappa shape index (κ1) is 19.4. The zero-order valence-electron chi connectivity index (χ0n) is 17.5. The summed E-state index contributed by atoms with van der Waals surface area (Å²) in [4.78, 5) is 18.1. The normalized spacial score (nSPS) is 18.8. The molecule has 1 aliphatic carbocycles. The van der Waals surface area contributed by atoms with Gasteiger partial charge in [-0.05, 0) is 62.4 Å². The third-order valence-corrected chi connectivity index (χ3v) is 5.72. The number of rotatable bonds is 5. The van der Waals surface area contributed by atoms with Crippen LogP contribution in [-0.2, 0) is 0 Å². The van der Waals surface area contributed by atoms with Crippen molar-refractivity contribution in [1.29, 1.82) is 0 Å². The summed E-state index contributed by atoms with van der Waals surface area (Å²) in [6.07, 6.45) is 13.6. The lowest BCUT2D eigenvalue weighted by Crippen LogP contribution is -2.35. The molecule has 0 aliphatic heterocycles. The Labute approximate surface area is 181 Å². The largest absolute Gasteiger partial charge is 0.353 e. The third kappa shape index (κ3) is 4.20. The van der Waals surface area contributed by atoms with Gasteiger partial charge in [-0.25, -0.2) is 15.0 Å². The zero-order chi connectivity index (χ0) is 21.2. The molecular formula is C23H26N8. The number of aromatic nitrogens is 5. The van der Waals surface area contributed by atoms with Gasteiger partial charge in [-0.2, -0.15) is 0 Å². The molecule has 4 N–H and O–H groups in total. The number of nitrogens with zero attached hydrogens (tertiary/aromatic N) is 5. The summed E-state index contributed by atoms with van der Waals surface area (Å²) in [5.74, 6) is 0.638. The van der Waals surface area contributed by atoms with Gasteiger partial charge in [-0.1, -0.05) is 0 Å². The monoisotopic (exact) mass is 414 g/mol. The Kier molecular flexibility index (Phi) is 5.21. The summed E-state index contributed by atoms with van der Waals surface area (Å²) in [5, 5.41) is 6.86. The first-order chi connectivity index (χ1) is 15.2. The van der Waals surface area contributed by atoms with Crippen molar-refractivity contribution in [3.63, 3.8) is 0 Å². The molecule has 0 bridgehead atoms. The summed E-state index contributed by atoms with van der Waals surface area (Å²) in [5.41, 5.74) is 11.7. The average molecular weight is 415 g/mol. The number of nitrogens with one attached hydrogen (secondary N) is 2. The van der Waals surface area contributed by atoms with Crippen LogP contribution in [0.3, 0.4) is 0 Å². The number of hydrogen-bond acceptors (Lipinski definition) is 7. The minimum atomic E-state index is 0.251. The highest BCUT2D eigenvalue weighted by molar-refractivity contribution is 5.67. The fourth-order valence-electron chi connectivity index (χ4n) is 4.15. The summed E-state index contributed by atoms with van der Waals surface area (Å²) in [7, 11) is 0. The quantitative estimate of drug-likeness (QED) is 0.454. The molecule has 1 aliphatic rings. The van der Waals surface area contributed by atoms with E-state index < -0.39 is 0 Å². The third-order valence-electron chi connectivity index (χ3n) is 5.72. The summed E-state index contributed by atoms with van der Waals surface area (Å²) in [6.45, 7) is 2.02. The first-order valence-corrected chi connectivity index (χ1v) is 10.7. The van der Waals surface area contributed by atoms with Crippen LogP contribution in [0.25, 0.3) is 17.0 Å². The molecule has 158 valence electrons. The Morgan fingerprint density at radius 2 is 2.00 bits per heavy atom. The van der Waals surface area contributed by atoms with E-state index in [4.69, 9.17) is 10.7 Å². The van der Waals surface area contributed by atoms with E-state index in [9.17, 15) is 0 Å². The van der Waals surface area contributed by atoms with Gasteiger partial charge in [0.05, 0.1) is 35.2 Å². The number of imidazole rings is 1. The second kappa shape index (κ2) is 8.31. The van der Waals surface area contributed by atoms with Gasteiger partial charge in [0.15, 0.2) is 0 Å². The van der Waals surface area contributed by atoms with Crippen molar-refractivity contribution >= 4 is 23.0 Å². The summed E-state index contributed by atoms with van der Waals surface area (Å²) < 4.78 is 2.05. The smallest absolute Gasteiger partial charge is 0.223 e. The van der Waals surface area contributed by atoms with E-state index in [0.29, 0.717) is 12.0 Å². The van der Waals surface area contributed by atoms with Gasteiger partial charge < -0.3 is 16.4 Å². The SMILES string of the molecule is Cc1cnc(NC2CCCC(N)C2)nc1-c1cnc2ccc(Nc3cccnc3)cn12. The van der Waals surface area contributed by atoms with Crippen LogP contribution in [0.1, 0.15) is 31.2 Å². The van der Waals surface area contributed by atoms with Crippen LogP contribution >= 0.6 is 0 Å². The molecule has 1 saturated carbocycles. The highest BCUT2D eigenvalue weighted by atomic mass is 15.1. The number of pyridine rings is 2. The molecule has 31 heavy (non-hydrogen) atoms. The lowest BCUT2D eigenvalue weighted by molar-refractivity contribution is 0.408. The maximum absolute atomic E-state index is 6.14. The minimum Gasteiger partial charge on any atom is -0.353 e. The Morgan fingerprint density at radius 3 is 2.84 bits per heavy atom. The van der Waals surface area contributed by atoms with Gasteiger partial charge in [0.25, 0.3) is 0 Å². The highest BCUT2D eigenvalue weighted by Crippen LogP contribution is 2.26. The van der Waals surface area contributed by atoms with Crippen molar-refractivity contribution < 1.29 is 0 Å². The predicted octanol–water partition coefficient (Wildman–Crippen LogP) is 3.92. The van der Waals surface area contributed by atoms with Crippen LogP contribution in [0, 0.1) is 6.92 Å². The zero-order valence-corrected chi connectivity index (χ0v) is 17.5. The molecule has 0 amide bonds. The molecule has 0 radical (unpaired) electrons. The van der Waals surface area contributed by atoms with E-state index in [1.54, 1.807) is 12.4 Å². The van der Waals surface area contributed by atoms with Gasteiger partial charge in [0, 0.05) is 30.7 Å². The van der Waals surface area contributed by atoms with Crippen LogP contribution in [0.2, 0.25) is 0 Å². The number of aryl methyl sites for hydroxylation is 1. The van der Waals surface area contributed by atoms with Crippen molar-refractivity contribution in [2.24, 2.45) is 5.73 Å². The Balaban J connectivity index is 1.46. The van der Waals surface area contributed by atoms with E-state index in [1.807, 2.05) is 54.2 Å². The van der Waals surface area contributed by atoms with Gasteiger partial charge in [0.1, 0.15) is 5.65 Å². The van der Waals surface area contributed by atoms with Crippen molar-refractivity contribution in [1.82, 2.24) is 24.3 Å². The molecule has 4 heterocycles. The van der Waals surface area contributed by atoms with Crippen LogP contribution in [-0.4, -0.2) is 36.4 Å². The number of anilines is 3. The maximum atomic E-state index is 6.14. The molecule has 8 nitrogen and oxygen atoms in total. The number of hydrogen-bond donors (Lipinski definition) is 3. The standard InChI is InChI=1S/C23H26N8/c1-15-11-27-23(29-17-5-2-4-16(24)10-17)30-22(15)20-13-26-21-8-7-19(14-31(20)21)28-18-6-3-9-25-12-18/h3,6-9,11-14,16-17,28H,2,4-5,10,24H2,1H3,(H,27,29,30). The fourth-order valence-corrected chi connectivity index (χ4v) is 4.15. The predicted molar refractivity (Wildman–Crippen MR) is 122 cm³/mol. The van der Waals surface area contributed by atoms with E-state index in [-0.39, 0.29) is 6.04 Å². The topological polar surface area (TPSA) is 106 Å². The average Bonchev–Trinajstić information content (AvgIpc) is 3.19. The van der Waals surface area contributed by atoms with Gasteiger partial charge in [-0.15, -0.1) is 0 Å². The minimum absolute atomic E-state index is 0.251. The second-order valence-corrected chi connectivity index (χ2v) is 8.15. The molecule has 8 heteroatoms. The molecule has 4 aromatic heterocycles. The van der Waals surface area contributed by atoms with Gasteiger partial charge >= 0.3 is 0 Å². The molecule has 1 fully saturated rings. The fraction of sp³-hybridized carbons (Fsp3) is 0.304. The van der Waals surface area contributed by atoms with E-state index in [1.165, 1.54) is 0 Å². The lowest BCUT2D eigenvalue weighted by Gasteiger charge is -2.27. The number of nitrogens with two attached hydrogens (primary N) is 1. The molecule has 0 aromatic carbocycles. The van der Waals surface area contributed by atoms with Crippen LogP contribution in [0.15, 0.2) is 55.2 Å². The van der Waals surface area contributed by atoms with E-state index in [2.05, 4.69) is 25.6 Å². The van der Waals surface area contributed by atoms with E-state index in [0.717, 1.165) is 59.7 Å². The Hall–Kier alpha value is -3.52. The Bertz CT molecular complexity index is 1190. The maximum Gasteiger partial charge on any atom is 0.223 e. The summed E-state index contributed by atoms with van der Waals surface area (Å²) in [6, 6.07) is 8.45. The van der Waals surface area contributed by atoms with Crippen LogP contribution in [0.4, 0.5) is 17.3 Å². The number of fused-ring (bicyclic) bond motifs is 1. The molecule has 0 saturated heterocycles. The van der Waals surface area contributed by atoms with Crippen molar-refractivity contribution in [3.05, 3.63) is 60.8 Å². The first-order valence-electron chi connectivity index (χ1n) is 10.7. The molecule has 2 atom stereocenters. The molecule has 0 spiro atoms. The molecule has 4 aromatic rings. The van der Waals surface area contributed by atoms with Crippen molar-refractivity contribution in [2.75, 3.05) is 10.6 Å². The highest BCUT2D eigenvalue weighted by Gasteiger charge is 2.20. The summed E-state index contributed by atoms with van der Waals surface area (Å²) >= 11 is 0. The lowest BCUT2D eigenvalue weighted by atomic mass is 9.92. The van der Waals surface area contributed by atoms with Gasteiger partial charge in [-0.3, -0.25) is 9.38 Å². The van der Waals surface area contributed by atoms with Crippen molar-refractivity contribution in [3.8, 4) is 11.4 Å². The molecular weight excluding hydrogens is 388 g/mol. The Morgan fingerprint density at radius 1 is 1.06 bits per heavy atom. The van der Waals surface area contributed by atoms with Crippen molar-refractivity contribution in [2.45, 2.75) is 44.7 Å². The van der Waals surface area contributed by atoms with E-state index >= 15 is 0 Å². The molecule has 5 rings (SSSR count). The second-order valence-electron chi connectivity index (χ2n) is 8.15. The van der Waals surface area contributed by atoms with Crippen LogP contribution < -0.4 is 16.4 Å². The molecule has 2 unspecified atom stereocenters. The van der Waals surface area contributed by atoms with Gasteiger partial charge in [0.2, 0.25) is 5.95 Å².